The van der Waals surface area contributed by atoms with E-state index in [4.69, 9.17) is 4.98 Å². The molecule has 0 aliphatic rings. The molecule has 0 saturated carbocycles. The molecule has 6 aromatic rings. The molecule has 0 radical (unpaired) electrons. The van der Waals surface area contributed by atoms with E-state index in [1.807, 2.05) is 94.4 Å². The lowest BCUT2D eigenvalue weighted by Gasteiger charge is -2.15. The summed E-state index contributed by atoms with van der Waals surface area (Å²) in [6.07, 6.45) is 3.84. The van der Waals surface area contributed by atoms with E-state index in [0.29, 0.717) is 22.5 Å². The van der Waals surface area contributed by atoms with Crippen molar-refractivity contribution in [2.45, 2.75) is 34.6 Å². The van der Waals surface area contributed by atoms with Crippen molar-refractivity contribution in [1.29, 1.82) is 0 Å². The van der Waals surface area contributed by atoms with Gasteiger partial charge in [0.15, 0.2) is 0 Å². The molecule has 1 heterocycles. The third-order valence-corrected chi connectivity index (χ3v) is 8.09. The third kappa shape index (κ3) is 5.34. The second-order valence-electron chi connectivity index (χ2n) is 11.2. The number of rotatable bonds is 3. The third-order valence-electron chi connectivity index (χ3n) is 8.09. The van der Waals surface area contributed by atoms with E-state index in [2.05, 4.69) is 49.1 Å². The van der Waals surface area contributed by atoms with Crippen LogP contribution in [0.4, 0.5) is 0 Å². The predicted octanol–water partition coefficient (Wildman–Crippen LogP) is 8.36. The first kappa shape index (κ1) is 27.8. The highest BCUT2D eigenvalue weighted by atomic mass is 16.3. The smallest absolute Gasteiger partial charge is 0.266 e. The number of fused-ring (bicyclic) bond motifs is 2. The van der Waals surface area contributed by atoms with Crippen LogP contribution in [-0.2, 0) is 0 Å². The van der Waals surface area contributed by atoms with Crippen molar-refractivity contribution in [3.8, 4) is 23.3 Å². The van der Waals surface area contributed by atoms with Crippen LogP contribution in [0.1, 0.15) is 50.3 Å². The Balaban J connectivity index is 1.42. The zero-order chi connectivity index (χ0) is 30.2. The van der Waals surface area contributed by atoms with Gasteiger partial charge in [-0.25, -0.2) is 4.98 Å². The average Bonchev–Trinajstić information content (AvgIpc) is 3.00. The molecule has 0 aliphatic heterocycles. The lowest BCUT2D eigenvalue weighted by atomic mass is 9.98. The average molecular weight is 561 g/mol. The maximum atomic E-state index is 13.9. The van der Waals surface area contributed by atoms with Crippen LogP contribution in [0.15, 0.2) is 89.7 Å². The van der Waals surface area contributed by atoms with Crippen LogP contribution in [0.3, 0.4) is 0 Å². The molecule has 4 heteroatoms. The van der Waals surface area contributed by atoms with Crippen molar-refractivity contribution in [3.05, 3.63) is 146 Å². The Morgan fingerprint density at radius 1 is 0.721 bits per heavy atom. The van der Waals surface area contributed by atoms with Gasteiger partial charge in [0, 0.05) is 11.1 Å². The summed E-state index contributed by atoms with van der Waals surface area (Å²) in [5.74, 6) is 7.43. The number of hydrogen-bond acceptors (Lipinski definition) is 3. The normalized spacial score (nSPS) is 11.3. The van der Waals surface area contributed by atoms with E-state index in [-0.39, 0.29) is 5.56 Å². The molecule has 0 aliphatic carbocycles. The summed E-state index contributed by atoms with van der Waals surface area (Å²) in [5.41, 5.74) is 8.84. The number of aromatic hydroxyl groups is 1. The number of aromatic nitrogens is 2. The molecule has 1 N–H and O–H groups in total. The Hall–Kier alpha value is -5.40. The predicted molar refractivity (Wildman–Crippen MR) is 178 cm³/mol. The number of hydrogen-bond donors (Lipinski definition) is 1. The molecule has 6 rings (SSSR count). The molecule has 0 fully saturated rings. The van der Waals surface area contributed by atoms with E-state index in [1.54, 1.807) is 4.57 Å². The van der Waals surface area contributed by atoms with Crippen LogP contribution in [0, 0.1) is 46.5 Å². The summed E-state index contributed by atoms with van der Waals surface area (Å²) >= 11 is 0. The van der Waals surface area contributed by atoms with Crippen molar-refractivity contribution in [2.24, 2.45) is 0 Å². The lowest BCUT2D eigenvalue weighted by molar-refractivity contribution is 0.466. The van der Waals surface area contributed by atoms with Gasteiger partial charge in [-0.1, -0.05) is 59.9 Å². The molecule has 0 unspecified atom stereocenters. The highest BCUT2D eigenvalue weighted by Crippen LogP contribution is 2.29. The van der Waals surface area contributed by atoms with Crippen molar-refractivity contribution < 1.29 is 5.11 Å². The minimum absolute atomic E-state index is 0.131. The standard InChI is InChI=1S/C39H32N2O2/c1-24-10-15-33-23-30(13-16-32(33)20-24)12-11-29-14-18-36(25(2)21-29)41-37(40-35-9-7-6-8-34(35)39(41)43)19-17-31-22-26(3)38(42)28(5)27(31)4/h6-10,13-23,42H,1-5H3/b19-17+. The van der Waals surface area contributed by atoms with Crippen LogP contribution < -0.4 is 5.56 Å². The Labute approximate surface area is 251 Å². The van der Waals surface area contributed by atoms with E-state index in [9.17, 15) is 9.90 Å². The van der Waals surface area contributed by atoms with Crippen molar-refractivity contribution in [1.82, 2.24) is 9.55 Å². The molecular formula is C39H32N2O2. The molecule has 0 spiro atoms. The molecule has 0 atom stereocenters. The fourth-order valence-electron chi connectivity index (χ4n) is 5.50. The lowest BCUT2D eigenvalue weighted by Crippen LogP contribution is -2.23. The number of para-hydroxylation sites is 1. The Bertz CT molecular complexity index is 2230. The molecular weight excluding hydrogens is 528 g/mol. The van der Waals surface area contributed by atoms with Gasteiger partial charge >= 0.3 is 0 Å². The van der Waals surface area contributed by atoms with E-state index in [0.717, 1.165) is 44.6 Å². The van der Waals surface area contributed by atoms with E-state index < -0.39 is 0 Å². The molecule has 0 saturated heterocycles. The molecule has 210 valence electrons. The van der Waals surface area contributed by atoms with Gasteiger partial charge in [-0.2, -0.15) is 0 Å². The van der Waals surface area contributed by atoms with Crippen LogP contribution in [0.2, 0.25) is 0 Å². The van der Waals surface area contributed by atoms with Gasteiger partial charge in [-0.05, 0) is 128 Å². The van der Waals surface area contributed by atoms with E-state index >= 15 is 0 Å². The quantitative estimate of drug-likeness (QED) is 0.221. The summed E-state index contributed by atoms with van der Waals surface area (Å²) in [6.45, 7) is 9.87. The second-order valence-corrected chi connectivity index (χ2v) is 11.2. The first-order valence-electron chi connectivity index (χ1n) is 14.3. The fraction of sp³-hybridized carbons (Fsp3) is 0.128. The van der Waals surface area contributed by atoms with Gasteiger partial charge in [-0.3, -0.25) is 9.36 Å². The second kappa shape index (κ2) is 11.1. The maximum Gasteiger partial charge on any atom is 0.266 e. The minimum atomic E-state index is -0.131. The maximum absolute atomic E-state index is 13.9. The highest BCUT2D eigenvalue weighted by molar-refractivity contribution is 5.84. The molecule has 4 nitrogen and oxygen atoms in total. The number of nitrogens with zero attached hydrogens (tertiary/aromatic N) is 2. The molecule has 43 heavy (non-hydrogen) atoms. The first-order chi connectivity index (χ1) is 20.7. The first-order valence-corrected chi connectivity index (χ1v) is 14.3. The minimum Gasteiger partial charge on any atom is -0.507 e. The summed E-state index contributed by atoms with van der Waals surface area (Å²) in [7, 11) is 0. The van der Waals surface area contributed by atoms with Crippen LogP contribution in [0.5, 0.6) is 5.75 Å². The number of benzene rings is 5. The summed E-state index contributed by atoms with van der Waals surface area (Å²) in [6, 6.07) is 28.0. The topological polar surface area (TPSA) is 55.1 Å². The summed E-state index contributed by atoms with van der Waals surface area (Å²) in [4.78, 5) is 18.8. The van der Waals surface area contributed by atoms with Gasteiger partial charge in [0.25, 0.3) is 5.56 Å². The largest absolute Gasteiger partial charge is 0.507 e. The van der Waals surface area contributed by atoms with Gasteiger partial charge in [-0.15, -0.1) is 0 Å². The van der Waals surface area contributed by atoms with Gasteiger partial charge in [0.05, 0.1) is 16.6 Å². The highest BCUT2D eigenvalue weighted by Gasteiger charge is 2.14. The summed E-state index contributed by atoms with van der Waals surface area (Å²) < 4.78 is 1.67. The van der Waals surface area contributed by atoms with Gasteiger partial charge in [0.2, 0.25) is 0 Å². The van der Waals surface area contributed by atoms with Crippen LogP contribution in [0.25, 0.3) is 39.5 Å². The van der Waals surface area contributed by atoms with Crippen molar-refractivity contribution in [2.75, 3.05) is 0 Å². The van der Waals surface area contributed by atoms with Crippen molar-refractivity contribution in [3.63, 3.8) is 0 Å². The molecule has 0 bridgehead atoms. The van der Waals surface area contributed by atoms with Gasteiger partial charge < -0.3 is 5.11 Å². The zero-order valence-corrected chi connectivity index (χ0v) is 25.0. The molecule has 5 aromatic carbocycles. The molecule has 1 aromatic heterocycles. The number of phenols is 1. The number of aryl methyl sites for hydroxylation is 3. The monoisotopic (exact) mass is 560 g/mol. The van der Waals surface area contributed by atoms with E-state index in [1.165, 1.54) is 16.3 Å². The van der Waals surface area contributed by atoms with Gasteiger partial charge in [0.1, 0.15) is 11.6 Å². The summed E-state index contributed by atoms with van der Waals surface area (Å²) in [5, 5.41) is 13.3. The van der Waals surface area contributed by atoms with Crippen LogP contribution >= 0.6 is 0 Å². The Morgan fingerprint density at radius 2 is 1.42 bits per heavy atom. The zero-order valence-electron chi connectivity index (χ0n) is 25.0. The Morgan fingerprint density at radius 3 is 2.21 bits per heavy atom. The molecule has 0 amide bonds. The fourth-order valence-corrected chi connectivity index (χ4v) is 5.50. The van der Waals surface area contributed by atoms with Crippen molar-refractivity contribution >= 4 is 33.8 Å². The Kier molecular flexibility index (Phi) is 7.17. The van der Waals surface area contributed by atoms with Crippen LogP contribution in [-0.4, -0.2) is 14.7 Å². The SMILES string of the molecule is Cc1ccc2cc(C#Cc3ccc(-n4c(/C=C/c5cc(C)c(O)c(C)c5C)nc5ccccc5c4=O)c(C)c3)ccc2c1. The number of phenolic OH excluding ortho intramolecular Hbond substituents is 1.